The molecule has 0 atom stereocenters. The molecular weight excluding hydrogens is 190 g/mol. The van der Waals surface area contributed by atoms with Gasteiger partial charge in [0, 0.05) is 31.9 Å². The lowest BCUT2D eigenvalue weighted by atomic mass is 10.2. The van der Waals surface area contributed by atoms with Gasteiger partial charge in [0.05, 0.1) is 5.70 Å². The number of carbonyl (C=O) groups is 1. The molecule has 4 nitrogen and oxygen atoms in total. The van der Waals surface area contributed by atoms with Gasteiger partial charge in [-0.15, -0.1) is 0 Å². The van der Waals surface area contributed by atoms with Crippen LogP contribution in [0.15, 0.2) is 36.7 Å². The lowest BCUT2D eigenvalue weighted by Crippen LogP contribution is -2.32. The molecule has 2 N–H and O–H groups in total. The lowest BCUT2D eigenvalue weighted by Gasteiger charge is -2.16. The highest BCUT2D eigenvalue weighted by Gasteiger charge is 2.09. The van der Waals surface area contributed by atoms with Crippen molar-refractivity contribution in [2.45, 2.75) is 6.42 Å². The standard InChI is InChI=1S/C11H15N3O/c1-9(12)11(15)14(2)8-6-10-5-3-4-7-13-10/h3-5,7H,1,6,8,12H2,2H3. The van der Waals surface area contributed by atoms with Crippen LogP contribution in [0.5, 0.6) is 0 Å². The molecule has 80 valence electrons. The Kier molecular flexibility index (Phi) is 3.85. The first-order chi connectivity index (χ1) is 7.11. The minimum absolute atomic E-state index is 0.0681. The molecule has 1 aromatic heterocycles. The van der Waals surface area contributed by atoms with E-state index < -0.39 is 0 Å². The Labute approximate surface area is 89.4 Å². The second kappa shape index (κ2) is 5.14. The van der Waals surface area contributed by atoms with Gasteiger partial charge in [-0.1, -0.05) is 12.6 Å². The Bertz CT molecular complexity index is 348. The van der Waals surface area contributed by atoms with Gasteiger partial charge in [-0.3, -0.25) is 9.78 Å². The van der Waals surface area contributed by atoms with Crippen LogP contribution < -0.4 is 5.73 Å². The van der Waals surface area contributed by atoms with Crippen LogP contribution in [0.25, 0.3) is 0 Å². The largest absolute Gasteiger partial charge is 0.395 e. The summed E-state index contributed by atoms with van der Waals surface area (Å²) in [4.78, 5) is 17.0. The van der Waals surface area contributed by atoms with Crippen LogP contribution in [0.2, 0.25) is 0 Å². The number of carbonyl (C=O) groups excluding carboxylic acids is 1. The van der Waals surface area contributed by atoms with E-state index in [0.717, 1.165) is 12.1 Å². The number of nitrogens with zero attached hydrogens (tertiary/aromatic N) is 2. The first-order valence-electron chi connectivity index (χ1n) is 4.71. The van der Waals surface area contributed by atoms with Crippen molar-refractivity contribution in [2.75, 3.05) is 13.6 Å². The van der Waals surface area contributed by atoms with Crippen LogP contribution >= 0.6 is 0 Å². The molecule has 4 heteroatoms. The minimum atomic E-state index is -0.231. The van der Waals surface area contributed by atoms with Gasteiger partial charge in [0.2, 0.25) is 0 Å². The second-order valence-electron chi connectivity index (χ2n) is 3.32. The summed E-state index contributed by atoms with van der Waals surface area (Å²) in [5.74, 6) is -0.231. The molecule has 0 radical (unpaired) electrons. The number of likely N-dealkylation sites (N-methyl/N-ethyl adjacent to an activating group) is 1. The van der Waals surface area contributed by atoms with E-state index in [-0.39, 0.29) is 11.6 Å². The third-order valence-corrected chi connectivity index (χ3v) is 2.05. The number of aromatic nitrogens is 1. The Hall–Kier alpha value is -1.84. The van der Waals surface area contributed by atoms with Crippen LogP contribution in [-0.2, 0) is 11.2 Å². The molecule has 0 saturated heterocycles. The maximum absolute atomic E-state index is 11.3. The van der Waals surface area contributed by atoms with Gasteiger partial charge in [0.15, 0.2) is 0 Å². The highest BCUT2D eigenvalue weighted by atomic mass is 16.2. The molecule has 0 unspecified atom stereocenters. The van der Waals surface area contributed by atoms with Crippen LogP contribution in [0.3, 0.4) is 0 Å². The molecule has 1 aromatic rings. The van der Waals surface area contributed by atoms with Gasteiger partial charge in [-0.25, -0.2) is 0 Å². The molecule has 1 amide bonds. The van der Waals surface area contributed by atoms with Gasteiger partial charge in [-0.05, 0) is 12.1 Å². The molecule has 0 aliphatic carbocycles. The van der Waals surface area contributed by atoms with Crippen LogP contribution in [0.1, 0.15) is 5.69 Å². The summed E-state index contributed by atoms with van der Waals surface area (Å²) in [6.45, 7) is 3.99. The van der Waals surface area contributed by atoms with E-state index in [1.807, 2.05) is 18.2 Å². The Balaban J connectivity index is 2.44. The van der Waals surface area contributed by atoms with Crippen molar-refractivity contribution in [2.24, 2.45) is 5.73 Å². The Morgan fingerprint density at radius 1 is 1.60 bits per heavy atom. The number of nitrogens with two attached hydrogens (primary N) is 1. The maximum atomic E-state index is 11.3. The average Bonchev–Trinajstić information content (AvgIpc) is 2.26. The van der Waals surface area contributed by atoms with Gasteiger partial charge < -0.3 is 10.6 Å². The van der Waals surface area contributed by atoms with E-state index in [1.165, 1.54) is 4.90 Å². The number of pyridine rings is 1. The van der Waals surface area contributed by atoms with E-state index in [2.05, 4.69) is 11.6 Å². The number of hydrogen-bond donors (Lipinski definition) is 1. The molecule has 0 aliphatic rings. The number of hydrogen-bond acceptors (Lipinski definition) is 3. The monoisotopic (exact) mass is 205 g/mol. The van der Waals surface area contributed by atoms with E-state index in [0.29, 0.717) is 6.54 Å². The molecule has 1 heterocycles. The highest BCUT2D eigenvalue weighted by Crippen LogP contribution is 1.98. The molecular formula is C11H15N3O. The smallest absolute Gasteiger partial charge is 0.268 e. The van der Waals surface area contributed by atoms with E-state index in [9.17, 15) is 4.79 Å². The molecule has 15 heavy (non-hydrogen) atoms. The summed E-state index contributed by atoms with van der Waals surface area (Å²) in [6.07, 6.45) is 2.45. The van der Waals surface area contributed by atoms with Crippen LogP contribution in [0, 0.1) is 0 Å². The average molecular weight is 205 g/mol. The lowest BCUT2D eigenvalue weighted by molar-refractivity contribution is -0.125. The molecule has 1 rings (SSSR count). The SMILES string of the molecule is C=C(N)C(=O)N(C)CCc1ccccn1. The van der Waals surface area contributed by atoms with Crippen molar-refractivity contribution in [1.29, 1.82) is 0 Å². The van der Waals surface area contributed by atoms with Crippen molar-refractivity contribution in [1.82, 2.24) is 9.88 Å². The first kappa shape index (κ1) is 11.2. The maximum Gasteiger partial charge on any atom is 0.268 e. The summed E-state index contributed by atoms with van der Waals surface area (Å²) >= 11 is 0. The fraction of sp³-hybridized carbons (Fsp3) is 0.273. The van der Waals surface area contributed by atoms with E-state index in [4.69, 9.17) is 5.73 Å². The third kappa shape index (κ3) is 3.42. The van der Waals surface area contributed by atoms with Crippen molar-refractivity contribution in [3.8, 4) is 0 Å². The molecule has 0 aromatic carbocycles. The zero-order valence-electron chi connectivity index (χ0n) is 8.81. The van der Waals surface area contributed by atoms with Gasteiger partial charge in [0.25, 0.3) is 5.91 Å². The fourth-order valence-corrected chi connectivity index (χ4v) is 1.17. The summed E-state index contributed by atoms with van der Waals surface area (Å²) in [7, 11) is 1.70. The van der Waals surface area contributed by atoms with E-state index in [1.54, 1.807) is 13.2 Å². The third-order valence-electron chi connectivity index (χ3n) is 2.05. The predicted molar refractivity (Wildman–Crippen MR) is 58.9 cm³/mol. The zero-order chi connectivity index (χ0) is 11.3. The first-order valence-corrected chi connectivity index (χ1v) is 4.71. The molecule has 0 bridgehead atoms. The Morgan fingerprint density at radius 3 is 2.87 bits per heavy atom. The van der Waals surface area contributed by atoms with Crippen LogP contribution in [-0.4, -0.2) is 29.4 Å². The minimum Gasteiger partial charge on any atom is -0.395 e. The number of amides is 1. The highest BCUT2D eigenvalue weighted by molar-refractivity contribution is 5.91. The predicted octanol–water partition coefficient (Wildman–Crippen LogP) is 0.555. The van der Waals surface area contributed by atoms with Gasteiger partial charge in [0.1, 0.15) is 0 Å². The molecule has 0 fully saturated rings. The van der Waals surface area contributed by atoms with Crippen molar-refractivity contribution in [3.05, 3.63) is 42.4 Å². The second-order valence-corrected chi connectivity index (χ2v) is 3.32. The summed E-state index contributed by atoms with van der Waals surface area (Å²) < 4.78 is 0. The van der Waals surface area contributed by atoms with E-state index >= 15 is 0 Å². The zero-order valence-corrected chi connectivity index (χ0v) is 8.81. The van der Waals surface area contributed by atoms with Gasteiger partial charge >= 0.3 is 0 Å². The topological polar surface area (TPSA) is 59.2 Å². The van der Waals surface area contributed by atoms with Crippen molar-refractivity contribution in [3.63, 3.8) is 0 Å². The fourth-order valence-electron chi connectivity index (χ4n) is 1.17. The van der Waals surface area contributed by atoms with Crippen molar-refractivity contribution >= 4 is 5.91 Å². The van der Waals surface area contributed by atoms with Gasteiger partial charge in [-0.2, -0.15) is 0 Å². The quantitative estimate of drug-likeness (QED) is 0.730. The number of rotatable bonds is 4. The molecule has 0 spiro atoms. The van der Waals surface area contributed by atoms with Crippen LogP contribution in [0.4, 0.5) is 0 Å². The van der Waals surface area contributed by atoms with Crippen molar-refractivity contribution < 1.29 is 4.79 Å². The Morgan fingerprint density at radius 2 is 2.33 bits per heavy atom. The summed E-state index contributed by atoms with van der Waals surface area (Å²) in [5.41, 5.74) is 6.33. The normalized spacial score (nSPS) is 9.67. The molecule has 0 saturated carbocycles. The summed E-state index contributed by atoms with van der Waals surface area (Å²) in [5, 5.41) is 0. The molecule has 0 aliphatic heterocycles. The summed E-state index contributed by atoms with van der Waals surface area (Å²) in [6, 6.07) is 5.71.